The number of rotatable bonds is 5. The lowest BCUT2D eigenvalue weighted by molar-refractivity contribution is -0.139. The van der Waals surface area contributed by atoms with E-state index in [4.69, 9.17) is 9.84 Å². The van der Waals surface area contributed by atoms with Gasteiger partial charge in [-0.25, -0.2) is 4.79 Å². The zero-order valence-corrected chi connectivity index (χ0v) is 14.0. The molecule has 9 heteroatoms. The van der Waals surface area contributed by atoms with Crippen molar-refractivity contribution < 1.29 is 32.6 Å². The molecule has 0 bridgehead atoms. The number of benzene rings is 2. The standard InChI is InChI=1S/C16H11BrF3NO4/c17-10-4-5-13(25-8-14(22)23)12(7-10)15(24)21-11-3-1-2-9(6-11)16(18,19)20/h1-7H,8H2,(H,21,24)(H,22,23). The van der Waals surface area contributed by atoms with Crippen molar-refractivity contribution in [1.82, 2.24) is 0 Å². The van der Waals surface area contributed by atoms with E-state index >= 15 is 0 Å². The molecular formula is C16H11BrF3NO4. The molecule has 0 aliphatic carbocycles. The van der Waals surface area contributed by atoms with E-state index in [1.165, 1.54) is 30.3 Å². The van der Waals surface area contributed by atoms with Crippen molar-refractivity contribution in [3.8, 4) is 5.75 Å². The third kappa shape index (κ3) is 5.21. The molecule has 5 nitrogen and oxygen atoms in total. The van der Waals surface area contributed by atoms with E-state index < -0.39 is 30.2 Å². The number of amides is 1. The van der Waals surface area contributed by atoms with Crippen molar-refractivity contribution >= 4 is 33.5 Å². The summed E-state index contributed by atoms with van der Waals surface area (Å²) in [6.45, 7) is -0.661. The molecule has 0 aromatic heterocycles. The van der Waals surface area contributed by atoms with Crippen molar-refractivity contribution in [3.05, 3.63) is 58.1 Å². The first-order chi connectivity index (χ1) is 11.7. The van der Waals surface area contributed by atoms with Crippen molar-refractivity contribution in [2.24, 2.45) is 0 Å². The Morgan fingerprint density at radius 1 is 1.16 bits per heavy atom. The molecule has 0 atom stereocenters. The zero-order valence-electron chi connectivity index (χ0n) is 12.4. The summed E-state index contributed by atoms with van der Waals surface area (Å²) in [5.41, 5.74) is -0.973. The summed E-state index contributed by atoms with van der Waals surface area (Å²) in [6, 6.07) is 8.46. The van der Waals surface area contributed by atoms with Crippen LogP contribution in [0.15, 0.2) is 46.9 Å². The molecular weight excluding hydrogens is 407 g/mol. The Balaban J connectivity index is 2.26. The van der Waals surface area contributed by atoms with Crippen LogP contribution in [0.3, 0.4) is 0 Å². The first-order valence-electron chi connectivity index (χ1n) is 6.79. The molecule has 1 amide bonds. The SMILES string of the molecule is O=C(O)COc1ccc(Br)cc1C(=O)Nc1cccc(C(F)(F)F)c1. The second kappa shape index (κ2) is 7.56. The quantitative estimate of drug-likeness (QED) is 0.764. The van der Waals surface area contributed by atoms with E-state index in [1.54, 1.807) is 0 Å². The second-order valence-corrected chi connectivity index (χ2v) is 5.77. The van der Waals surface area contributed by atoms with Crippen LogP contribution < -0.4 is 10.1 Å². The Hall–Kier alpha value is -2.55. The van der Waals surface area contributed by atoms with Gasteiger partial charge in [0.25, 0.3) is 5.91 Å². The molecule has 0 fully saturated rings. The van der Waals surface area contributed by atoms with Crippen LogP contribution >= 0.6 is 15.9 Å². The van der Waals surface area contributed by atoms with Gasteiger partial charge in [0.2, 0.25) is 0 Å². The van der Waals surface area contributed by atoms with Gasteiger partial charge in [0.1, 0.15) is 5.75 Å². The number of alkyl halides is 3. The van der Waals surface area contributed by atoms with Crippen LogP contribution in [0.2, 0.25) is 0 Å². The van der Waals surface area contributed by atoms with Gasteiger partial charge in [0.05, 0.1) is 11.1 Å². The summed E-state index contributed by atoms with van der Waals surface area (Å²) in [6.07, 6.45) is -4.54. The number of halogens is 4. The number of hydrogen-bond acceptors (Lipinski definition) is 3. The van der Waals surface area contributed by atoms with Crippen molar-refractivity contribution in [2.45, 2.75) is 6.18 Å². The fraction of sp³-hybridized carbons (Fsp3) is 0.125. The van der Waals surface area contributed by atoms with E-state index in [9.17, 15) is 22.8 Å². The van der Waals surface area contributed by atoms with Gasteiger partial charge in [-0.2, -0.15) is 13.2 Å². The first-order valence-corrected chi connectivity index (χ1v) is 7.59. The highest BCUT2D eigenvalue weighted by Crippen LogP contribution is 2.31. The van der Waals surface area contributed by atoms with Crippen molar-refractivity contribution in [1.29, 1.82) is 0 Å². The van der Waals surface area contributed by atoms with Crippen LogP contribution in [0.25, 0.3) is 0 Å². The Labute approximate surface area is 148 Å². The minimum Gasteiger partial charge on any atom is -0.481 e. The van der Waals surface area contributed by atoms with Gasteiger partial charge in [-0.15, -0.1) is 0 Å². The number of aliphatic carboxylic acids is 1. The lowest BCUT2D eigenvalue weighted by Crippen LogP contribution is -2.16. The third-order valence-electron chi connectivity index (χ3n) is 2.99. The fourth-order valence-corrected chi connectivity index (χ4v) is 2.28. The smallest absolute Gasteiger partial charge is 0.416 e. The topological polar surface area (TPSA) is 75.6 Å². The summed E-state index contributed by atoms with van der Waals surface area (Å²) in [4.78, 5) is 23.0. The number of nitrogens with one attached hydrogen (secondary N) is 1. The highest BCUT2D eigenvalue weighted by Gasteiger charge is 2.30. The summed E-state index contributed by atoms with van der Waals surface area (Å²) >= 11 is 3.17. The molecule has 132 valence electrons. The van der Waals surface area contributed by atoms with E-state index in [0.717, 1.165) is 12.1 Å². The van der Waals surface area contributed by atoms with Gasteiger partial charge in [0.15, 0.2) is 6.61 Å². The normalized spacial score (nSPS) is 11.0. The van der Waals surface area contributed by atoms with E-state index in [2.05, 4.69) is 21.2 Å². The maximum Gasteiger partial charge on any atom is 0.416 e. The molecule has 2 rings (SSSR count). The largest absolute Gasteiger partial charge is 0.481 e. The minimum absolute atomic E-state index is 0.00456. The zero-order chi connectivity index (χ0) is 18.6. The molecule has 2 N–H and O–H groups in total. The van der Waals surface area contributed by atoms with Crippen LogP contribution in [0.1, 0.15) is 15.9 Å². The van der Waals surface area contributed by atoms with Gasteiger partial charge in [-0.05, 0) is 36.4 Å². The number of anilines is 1. The molecule has 0 saturated carbocycles. The molecule has 0 aliphatic heterocycles. The summed E-state index contributed by atoms with van der Waals surface area (Å²) in [7, 11) is 0. The Kier molecular flexibility index (Phi) is 5.68. The van der Waals surface area contributed by atoms with Crippen LogP contribution in [0, 0.1) is 0 Å². The van der Waals surface area contributed by atoms with Gasteiger partial charge in [-0.3, -0.25) is 4.79 Å². The minimum atomic E-state index is -4.54. The van der Waals surface area contributed by atoms with Crippen molar-refractivity contribution in [2.75, 3.05) is 11.9 Å². The average Bonchev–Trinajstić information content (AvgIpc) is 2.53. The number of carboxylic acids is 1. The van der Waals surface area contributed by atoms with Gasteiger partial charge in [-0.1, -0.05) is 22.0 Å². The molecule has 0 aliphatic rings. The molecule has 0 heterocycles. The predicted octanol–water partition coefficient (Wildman–Crippen LogP) is 4.18. The Morgan fingerprint density at radius 2 is 1.88 bits per heavy atom. The molecule has 0 unspecified atom stereocenters. The second-order valence-electron chi connectivity index (χ2n) is 4.86. The number of hydrogen-bond donors (Lipinski definition) is 2. The third-order valence-corrected chi connectivity index (χ3v) is 3.48. The average molecular weight is 418 g/mol. The molecule has 2 aromatic carbocycles. The molecule has 0 spiro atoms. The summed E-state index contributed by atoms with van der Waals surface area (Å²) < 4.78 is 43.7. The number of carbonyl (C=O) groups excluding carboxylic acids is 1. The number of ether oxygens (including phenoxy) is 1. The summed E-state index contributed by atoms with van der Waals surface area (Å²) in [5.74, 6) is -1.97. The molecule has 0 radical (unpaired) electrons. The Morgan fingerprint density at radius 3 is 2.52 bits per heavy atom. The molecule has 2 aromatic rings. The lowest BCUT2D eigenvalue weighted by atomic mass is 10.1. The van der Waals surface area contributed by atoms with Gasteiger partial charge >= 0.3 is 12.1 Å². The van der Waals surface area contributed by atoms with E-state index in [-0.39, 0.29) is 17.0 Å². The first kappa shape index (κ1) is 18.8. The number of carbonyl (C=O) groups is 2. The predicted molar refractivity (Wildman–Crippen MR) is 86.7 cm³/mol. The van der Waals surface area contributed by atoms with Crippen LogP contribution in [0.4, 0.5) is 18.9 Å². The van der Waals surface area contributed by atoms with Gasteiger partial charge in [0, 0.05) is 10.2 Å². The maximum atomic E-state index is 12.7. The fourth-order valence-electron chi connectivity index (χ4n) is 1.92. The van der Waals surface area contributed by atoms with Crippen LogP contribution in [-0.2, 0) is 11.0 Å². The van der Waals surface area contributed by atoms with Gasteiger partial charge < -0.3 is 15.2 Å². The maximum absolute atomic E-state index is 12.7. The lowest BCUT2D eigenvalue weighted by Gasteiger charge is -2.12. The molecule has 25 heavy (non-hydrogen) atoms. The summed E-state index contributed by atoms with van der Waals surface area (Å²) in [5, 5.41) is 11.0. The Bertz CT molecular complexity index is 808. The van der Waals surface area contributed by atoms with E-state index in [1.807, 2.05) is 0 Å². The molecule has 0 saturated heterocycles. The van der Waals surface area contributed by atoms with E-state index in [0.29, 0.717) is 4.47 Å². The monoisotopic (exact) mass is 417 g/mol. The van der Waals surface area contributed by atoms with Crippen molar-refractivity contribution in [3.63, 3.8) is 0 Å². The number of carboxylic acid groups (broad SMARTS) is 1. The van der Waals surface area contributed by atoms with Crippen LogP contribution in [0.5, 0.6) is 5.75 Å². The van der Waals surface area contributed by atoms with Crippen LogP contribution in [-0.4, -0.2) is 23.6 Å². The highest BCUT2D eigenvalue weighted by molar-refractivity contribution is 9.10. The highest BCUT2D eigenvalue weighted by atomic mass is 79.9.